The van der Waals surface area contributed by atoms with Crippen LogP contribution < -0.4 is 4.90 Å². The van der Waals surface area contributed by atoms with Gasteiger partial charge < -0.3 is 19.3 Å². The molecule has 0 bridgehead atoms. The fraction of sp³-hybridized carbons (Fsp3) is 0.667. The second-order valence-electron chi connectivity index (χ2n) is 6.88. The van der Waals surface area contributed by atoms with Gasteiger partial charge in [-0.2, -0.15) is 0 Å². The number of amides is 1. The normalized spacial score (nSPS) is 23.7. The third-order valence-corrected chi connectivity index (χ3v) is 5.32. The number of hydrogen-bond acceptors (Lipinski definition) is 5. The Morgan fingerprint density at radius 1 is 1.00 bits per heavy atom. The van der Waals surface area contributed by atoms with Crippen LogP contribution in [-0.2, 0) is 9.47 Å². The predicted octanol–water partition coefficient (Wildman–Crippen LogP) is 2.05. The van der Waals surface area contributed by atoms with E-state index in [0.29, 0.717) is 18.8 Å². The Bertz CT molecular complexity index is 585. The molecule has 3 aliphatic rings. The van der Waals surface area contributed by atoms with E-state index in [0.717, 1.165) is 57.5 Å². The summed E-state index contributed by atoms with van der Waals surface area (Å²) < 4.78 is 11.6. The maximum absolute atomic E-state index is 12.7. The highest BCUT2D eigenvalue weighted by Crippen LogP contribution is 2.33. The van der Waals surface area contributed by atoms with Gasteiger partial charge in [0.15, 0.2) is 5.79 Å². The molecule has 3 saturated heterocycles. The van der Waals surface area contributed by atoms with Crippen molar-refractivity contribution in [3.05, 3.63) is 24.0 Å². The quantitative estimate of drug-likeness (QED) is 0.830. The first-order chi connectivity index (χ1) is 11.8. The van der Waals surface area contributed by atoms with Crippen LogP contribution in [0, 0.1) is 0 Å². The van der Waals surface area contributed by atoms with Crippen LogP contribution in [0.15, 0.2) is 18.5 Å². The Labute approximate surface area is 142 Å². The molecule has 0 radical (unpaired) electrons. The van der Waals surface area contributed by atoms with Gasteiger partial charge in [-0.1, -0.05) is 0 Å². The Balaban J connectivity index is 1.44. The molecule has 6 heteroatoms. The van der Waals surface area contributed by atoms with E-state index in [9.17, 15) is 4.79 Å². The summed E-state index contributed by atoms with van der Waals surface area (Å²) in [6.07, 6.45) is 8.69. The topological polar surface area (TPSA) is 54.9 Å². The van der Waals surface area contributed by atoms with Crippen molar-refractivity contribution in [2.75, 3.05) is 44.3 Å². The largest absolute Gasteiger partial charge is 0.370 e. The first-order valence-electron chi connectivity index (χ1n) is 9.03. The molecule has 1 aromatic rings. The Kier molecular flexibility index (Phi) is 4.41. The number of likely N-dealkylation sites (tertiary alicyclic amines) is 1. The summed E-state index contributed by atoms with van der Waals surface area (Å²) in [5.74, 6) is -0.259. The molecule has 1 spiro atoms. The van der Waals surface area contributed by atoms with Crippen molar-refractivity contribution < 1.29 is 14.3 Å². The third-order valence-electron chi connectivity index (χ3n) is 5.32. The summed E-state index contributed by atoms with van der Waals surface area (Å²) in [6, 6.07) is 1.98. The number of pyridine rings is 1. The molecule has 1 amide bonds. The van der Waals surface area contributed by atoms with Gasteiger partial charge in [0.25, 0.3) is 5.91 Å². The van der Waals surface area contributed by atoms with Crippen molar-refractivity contribution in [1.29, 1.82) is 0 Å². The minimum Gasteiger partial charge on any atom is -0.370 e. The summed E-state index contributed by atoms with van der Waals surface area (Å²) in [7, 11) is 0. The van der Waals surface area contributed by atoms with Crippen LogP contribution in [0.2, 0.25) is 0 Å². The molecular weight excluding hydrogens is 306 g/mol. The van der Waals surface area contributed by atoms with Gasteiger partial charge >= 0.3 is 0 Å². The lowest BCUT2D eigenvalue weighted by atomic mass is 10.0. The van der Waals surface area contributed by atoms with Crippen LogP contribution >= 0.6 is 0 Å². The molecule has 0 atom stereocenters. The number of aromatic nitrogens is 1. The first kappa shape index (κ1) is 15.8. The van der Waals surface area contributed by atoms with E-state index in [1.165, 1.54) is 6.42 Å². The molecule has 6 nitrogen and oxygen atoms in total. The maximum Gasteiger partial charge on any atom is 0.255 e. The molecular formula is C18H25N3O3. The number of hydrogen-bond donors (Lipinski definition) is 0. The molecule has 0 aromatic carbocycles. The van der Waals surface area contributed by atoms with Crippen molar-refractivity contribution in [2.24, 2.45) is 0 Å². The van der Waals surface area contributed by atoms with Crippen molar-refractivity contribution in [2.45, 2.75) is 37.9 Å². The lowest BCUT2D eigenvalue weighted by Gasteiger charge is -2.38. The first-order valence-corrected chi connectivity index (χ1v) is 9.03. The van der Waals surface area contributed by atoms with Gasteiger partial charge in [-0.15, -0.1) is 0 Å². The van der Waals surface area contributed by atoms with Gasteiger partial charge in [-0.25, -0.2) is 0 Å². The van der Waals surface area contributed by atoms with E-state index >= 15 is 0 Å². The smallest absolute Gasteiger partial charge is 0.255 e. The zero-order valence-corrected chi connectivity index (χ0v) is 14.1. The molecule has 1 aromatic heterocycles. The van der Waals surface area contributed by atoms with Crippen molar-refractivity contribution >= 4 is 11.6 Å². The minimum atomic E-state index is -0.370. The van der Waals surface area contributed by atoms with E-state index in [1.807, 2.05) is 17.2 Å². The fourth-order valence-electron chi connectivity index (χ4n) is 3.89. The molecule has 3 fully saturated rings. The molecule has 4 rings (SSSR count). The van der Waals surface area contributed by atoms with Gasteiger partial charge in [-0.3, -0.25) is 9.78 Å². The number of rotatable bonds is 2. The summed E-state index contributed by atoms with van der Waals surface area (Å²) in [5.41, 5.74) is 1.72. The van der Waals surface area contributed by atoms with Crippen LogP contribution in [0.25, 0.3) is 0 Å². The fourth-order valence-corrected chi connectivity index (χ4v) is 3.89. The highest BCUT2D eigenvalue weighted by molar-refractivity contribution is 5.94. The van der Waals surface area contributed by atoms with Crippen molar-refractivity contribution in [1.82, 2.24) is 9.88 Å². The number of carbonyl (C=O) groups is 1. The molecule has 0 aliphatic carbocycles. The monoisotopic (exact) mass is 331 g/mol. The molecule has 0 saturated carbocycles. The predicted molar refractivity (Wildman–Crippen MR) is 90.1 cm³/mol. The summed E-state index contributed by atoms with van der Waals surface area (Å²) >= 11 is 0. The van der Waals surface area contributed by atoms with Crippen molar-refractivity contribution in [3.8, 4) is 0 Å². The van der Waals surface area contributed by atoms with Crippen LogP contribution in [0.3, 0.4) is 0 Å². The maximum atomic E-state index is 12.7. The van der Waals surface area contributed by atoms with Crippen LogP contribution in [0.1, 0.15) is 42.5 Å². The standard InChI is InChI=1S/C18H25N3O3/c22-17(21-6-2-1-3-7-21)15-12-16(14-19-13-15)20-8-4-18(5-9-20)23-10-11-24-18/h12-14H,1-11H2. The minimum absolute atomic E-state index is 0.111. The number of nitrogens with zero attached hydrogens (tertiary/aromatic N) is 3. The summed E-state index contributed by atoms with van der Waals surface area (Å²) in [4.78, 5) is 21.2. The molecule has 24 heavy (non-hydrogen) atoms. The van der Waals surface area contributed by atoms with Gasteiger partial charge in [0.05, 0.1) is 30.7 Å². The average Bonchev–Trinajstić information content (AvgIpc) is 3.10. The summed E-state index contributed by atoms with van der Waals surface area (Å²) in [6.45, 7) is 4.85. The van der Waals surface area contributed by atoms with Crippen LogP contribution in [0.5, 0.6) is 0 Å². The van der Waals surface area contributed by atoms with E-state index in [1.54, 1.807) is 6.20 Å². The Hall–Kier alpha value is -1.66. The Morgan fingerprint density at radius 3 is 2.42 bits per heavy atom. The number of ether oxygens (including phenoxy) is 2. The van der Waals surface area contributed by atoms with E-state index in [-0.39, 0.29) is 11.7 Å². The SMILES string of the molecule is O=C(c1cncc(N2CCC3(CC2)OCCO3)c1)N1CCCCC1. The third kappa shape index (κ3) is 3.13. The van der Waals surface area contributed by atoms with Crippen LogP contribution in [-0.4, -0.2) is 61.0 Å². The lowest BCUT2D eigenvalue weighted by molar-refractivity contribution is -0.169. The summed E-state index contributed by atoms with van der Waals surface area (Å²) in [5, 5.41) is 0. The number of piperidine rings is 2. The second kappa shape index (κ2) is 6.69. The highest BCUT2D eigenvalue weighted by atomic mass is 16.7. The number of carbonyl (C=O) groups excluding carboxylic acids is 1. The van der Waals surface area contributed by atoms with E-state index in [2.05, 4.69) is 9.88 Å². The van der Waals surface area contributed by atoms with Gasteiger partial charge in [-0.05, 0) is 25.3 Å². The molecule has 3 aliphatic heterocycles. The van der Waals surface area contributed by atoms with Gasteiger partial charge in [0, 0.05) is 45.2 Å². The van der Waals surface area contributed by atoms with E-state index in [4.69, 9.17) is 9.47 Å². The average molecular weight is 331 g/mol. The number of anilines is 1. The zero-order chi connectivity index (χ0) is 16.4. The van der Waals surface area contributed by atoms with Crippen LogP contribution in [0.4, 0.5) is 5.69 Å². The zero-order valence-electron chi connectivity index (χ0n) is 14.1. The molecule has 0 N–H and O–H groups in total. The Morgan fingerprint density at radius 2 is 1.71 bits per heavy atom. The lowest BCUT2D eigenvalue weighted by Crippen LogP contribution is -2.45. The second-order valence-corrected chi connectivity index (χ2v) is 6.88. The van der Waals surface area contributed by atoms with E-state index < -0.39 is 0 Å². The molecule has 130 valence electrons. The van der Waals surface area contributed by atoms with Gasteiger partial charge in [0.2, 0.25) is 0 Å². The molecule has 4 heterocycles. The highest BCUT2D eigenvalue weighted by Gasteiger charge is 2.39. The molecule has 0 unspecified atom stereocenters. The van der Waals surface area contributed by atoms with Crippen molar-refractivity contribution in [3.63, 3.8) is 0 Å². The van der Waals surface area contributed by atoms with Gasteiger partial charge in [0.1, 0.15) is 0 Å².